The molecular formula is C23H24N4O4. The van der Waals surface area contributed by atoms with Gasteiger partial charge < -0.3 is 10.6 Å². The van der Waals surface area contributed by atoms with Crippen LogP contribution in [0.1, 0.15) is 51.6 Å². The molecule has 31 heavy (non-hydrogen) atoms. The minimum Gasteiger partial charge on any atom is -0.381 e. The molecule has 0 bridgehead atoms. The number of para-hydroxylation sites is 1. The lowest BCUT2D eigenvalue weighted by Crippen LogP contribution is -2.54. The van der Waals surface area contributed by atoms with Crippen molar-refractivity contribution in [2.75, 3.05) is 11.9 Å². The molecule has 2 aromatic carbocycles. The van der Waals surface area contributed by atoms with E-state index in [1.807, 2.05) is 31.2 Å². The molecule has 4 amide bonds. The number of carbonyl (C=O) groups excluding carboxylic acids is 4. The molecular weight excluding hydrogens is 396 g/mol. The zero-order valence-electron chi connectivity index (χ0n) is 17.2. The first-order valence-electron chi connectivity index (χ1n) is 10.4. The number of anilines is 1. The summed E-state index contributed by atoms with van der Waals surface area (Å²) < 4.78 is 0. The molecule has 2 aromatic rings. The third kappa shape index (κ3) is 3.94. The predicted octanol–water partition coefficient (Wildman–Crippen LogP) is 1.81. The lowest BCUT2D eigenvalue weighted by molar-refractivity contribution is -0.136. The molecule has 160 valence electrons. The van der Waals surface area contributed by atoms with Gasteiger partial charge in [-0.05, 0) is 36.2 Å². The minimum absolute atomic E-state index is 0.0980. The lowest BCUT2D eigenvalue weighted by atomic mass is 10.0. The molecule has 0 spiro atoms. The van der Waals surface area contributed by atoms with Crippen LogP contribution in [0.5, 0.6) is 0 Å². The Morgan fingerprint density at radius 3 is 2.52 bits per heavy atom. The minimum atomic E-state index is -0.966. The van der Waals surface area contributed by atoms with Crippen LogP contribution in [0, 0.1) is 0 Å². The number of nitrogens with one attached hydrogen (secondary N) is 3. The SMILES string of the molecule is CCNCc1ccccc1NCc1cccc2c1C(=O)N(C1CCC(=O)NC1=O)C2=O. The molecule has 4 rings (SSSR count). The van der Waals surface area contributed by atoms with Gasteiger partial charge in [0, 0.05) is 25.2 Å². The average molecular weight is 420 g/mol. The molecule has 8 heteroatoms. The van der Waals surface area contributed by atoms with E-state index in [2.05, 4.69) is 16.0 Å². The van der Waals surface area contributed by atoms with E-state index in [9.17, 15) is 19.2 Å². The first-order valence-corrected chi connectivity index (χ1v) is 10.4. The molecule has 1 unspecified atom stereocenters. The molecule has 0 saturated carbocycles. The second kappa shape index (κ2) is 8.69. The van der Waals surface area contributed by atoms with Crippen molar-refractivity contribution in [2.45, 2.75) is 38.9 Å². The van der Waals surface area contributed by atoms with Gasteiger partial charge in [-0.2, -0.15) is 0 Å². The highest BCUT2D eigenvalue weighted by Crippen LogP contribution is 2.30. The Hall–Kier alpha value is -3.52. The fourth-order valence-electron chi connectivity index (χ4n) is 4.03. The largest absolute Gasteiger partial charge is 0.381 e. The summed E-state index contributed by atoms with van der Waals surface area (Å²) in [6.07, 6.45) is 0.238. The molecule has 0 radical (unpaired) electrons. The number of amides is 4. The predicted molar refractivity (Wildman–Crippen MR) is 114 cm³/mol. The van der Waals surface area contributed by atoms with Crippen molar-refractivity contribution < 1.29 is 19.2 Å². The van der Waals surface area contributed by atoms with E-state index in [0.717, 1.165) is 22.7 Å². The number of piperidine rings is 1. The van der Waals surface area contributed by atoms with Crippen LogP contribution in [-0.2, 0) is 22.7 Å². The Kier molecular flexibility index (Phi) is 5.81. The maximum atomic E-state index is 13.2. The third-order valence-electron chi connectivity index (χ3n) is 5.61. The van der Waals surface area contributed by atoms with Gasteiger partial charge in [-0.1, -0.05) is 37.3 Å². The number of hydrogen-bond acceptors (Lipinski definition) is 6. The van der Waals surface area contributed by atoms with Gasteiger partial charge in [0.2, 0.25) is 11.8 Å². The van der Waals surface area contributed by atoms with Crippen LogP contribution in [0.15, 0.2) is 42.5 Å². The Labute approximate surface area is 180 Å². The van der Waals surface area contributed by atoms with Crippen molar-refractivity contribution in [3.05, 3.63) is 64.7 Å². The van der Waals surface area contributed by atoms with Crippen molar-refractivity contribution in [2.24, 2.45) is 0 Å². The number of rotatable bonds is 7. The van der Waals surface area contributed by atoms with Gasteiger partial charge in [-0.25, -0.2) is 0 Å². The van der Waals surface area contributed by atoms with Crippen molar-refractivity contribution in [1.82, 2.24) is 15.5 Å². The van der Waals surface area contributed by atoms with E-state index >= 15 is 0 Å². The van der Waals surface area contributed by atoms with Crippen molar-refractivity contribution in [3.8, 4) is 0 Å². The molecule has 1 saturated heterocycles. The van der Waals surface area contributed by atoms with Crippen LogP contribution in [0.3, 0.4) is 0 Å². The summed E-state index contributed by atoms with van der Waals surface area (Å²) in [5.41, 5.74) is 3.33. The molecule has 3 N–H and O–H groups in total. The lowest BCUT2D eigenvalue weighted by Gasteiger charge is -2.27. The molecule has 8 nitrogen and oxygen atoms in total. The Balaban J connectivity index is 1.57. The number of nitrogens with zero attached hydrogens (tertiary/aromatic N) is 1. The summed E-state index contributed by atoms with van der Waals surface area (Å²) in [6, 6.07) is 12.1. The number of carbonyl (C=O) groups is 4. The van der Waals surface area contributed by atoms with Gasteiger partial charge in [0.15, 0.2) is 0 Å². The van der Waals surface area contributed by atoms with E-state index in [0.29, 0.717) is 24.2 Å². The Morgan fingerprint density at radius 1 is 0.968 bits per heavy atom. The quantitative estimate of drug-likeness (QED) is 0.590. The second-order valence-corrected chi connectivity index (χ2v) is 7.58. The van der Waals surface area contributed by atoms with Gasteiger partial charge in [-0.15, -0.1) is 0 Å². The summed E-state index contributed by atoms with van der Waals surface area (Å²) in [7, 11) is 0. The fraction of sp³-hybridized carbons (Fsp3) is 0.304. The first kappa shape index (κ1) is 20.7. The standard InChI is InChI=1S/C23H24N4O4/c1-2-24-12-14-6-3-4-9-17(14)25-13-15-7-5-8-16-20(15)23(31)27(22(16)30)18-10-11-19(28)26-21(18)29/h3-9,18,24-25H,2,10-13H2,1H3,(H,26,28,29). The number of benzene rings is 2. The van der Waals surface area contributed by atoms with Crippen LogP contribution < -0.4 is 16.0 Å². The topological polar surface area (TPSA) is 108 Å². The van der Waals surface area contributed by atoms with E-state index in [-0.39, 0.29) is 24.3 Å². The Morgan fingerprint density at radius 2 is 1.74 bits per heavy atom. The van der Waals surface area contributed by atoms with Crippen LogP contribution in [0.2, 0.25) is 0 Å². The zero-order chi connectivity index (χ0) is 22.0. The van der Waals surface area contributed by atoms with E-state index in [1.54, 1.807) is 18.2 Å². The van der Waals surface area contributed by atoms with E-state index in [1.165, 1.54) is 0 Å². The summed E-state index contributed by atoms with van der Waals surface area (Å²) in [5.74, 6) is -1.99. The summed E-state index contributed by atoms with van der Waals surface area (Å²) in [4.78, 5) is 50.8. The smallest absolute Gasteiger partial charge is 0.262 e. The highest BCUT2D eigenvalue weighted by atomic mass is 16.2. The highest BCUT2D eigenvalue weighted by molar-refractivity contribution is 6.24. The molecule has 0 aromatic heterocycles. The summed E-state index contributed by atoms with van der Waals surface area (Å²) >= 11 is 0. The van der Waals surface area contributed by atoms with Crippen LogP contribution in [-0.4, -0.2) is 41.1 Å². The van der Waals surface area contributed by atoms with E-state index in [4.69, 9.17) is 0 Å². The monoisotopic (exact) mass is 420 g/mol. The number of hydrogen-bond donors (Lipinski definition) is 3. The van der Waals surface area contributed by atoms with Gasteiger partial charge in [0.05, 0.1) is 11.1 Å². The van der Waals surface area contributed by atoms with Crippen LogP contribution >= 0.6 is 0 Å². The molecule has 2 aliphatic rings. The summed E-state index contributed by atoms with van der Waals surface area (Å²) in [5, 5.41) is 8.88. The number of fused-ring (bicyclic) bond motifs is 1. The van der Waals surface area contributed by atoms with Crippen molar-refractivity contribution in [3.63, 3.8) is 0 Å². The maximum absolute atomic E-state index is 13.2. The van der Waals surface area contributed by atoms with Crippen molar-refractivity contribution in [1.29, 1.82) is 0 Å². The molecule has 1 fully saturated rings. The van der Waals surface area contributed by atoms with Gasteiger partial charge in [0.25, 0.3) is 11.8 Å². The fourth-order valence-corrected chi connectivity index (χ4v) is 4.03. The summed E-state index contributed by atoms with van der Waals surface area (Å²) in [6.45, 7) is 3.97. The normalized spacial score (nSPS) is 18.2. The van der Waals surface area contributed by atoms with Gasteiger partial charge in [-0.3, -0.25) is 29.4 Å². The van der Waals surface area contributed by atoms with Gasteiger partial charge >= 0.3 is 0 Å². The molecule has 2 heterocycles. The Bertz CT molecular complexity index is 1070. The third-order valence-corrected chi connectivity index (χ3v) is 5.61. The molecule has 1 atom stereocenters. The van der Waals surface area contributed by atoms with Gasteiger partial charge in [0.1, 0.15) is 6.04 Å². The van der Waals surface area contributed by atoms with Crippen molar-refractivity contribution >= 4 is 29.3 Å². The average Bonchev–Trinajstić information content (AvgIpc) is 3.02. The maximum Gasteiger partial charge on any atom is 0.262 e. The molecule has 2 aliphatic heterocycles. The first-order chi connectivity index (χ1) is 15.0. The molecule has 0 aliphatic carbocycles. The van der Waals surface area contributed by atoms with Crippen LogP contribution in [0.25, 0.3) is 0 Å². The van der Waals surface area contributed by atoms with E-state index < -0.39 is 23.8 Å². The zero-order valence-corrected chi connectivity index (χ0v) is 17.2. The highest BCUT2D eigenvalue weighted by Gasteiger charge is 2.45. The second-order valence-electron chi connectivity index (χ2n) is 7.58. The van der Waals surface area contributed by atoms with Crippen LogP contribution in [0.4, 0.5) is 5.69 Å². The number of imide groups is 2.